The van der Waals surface area contributed by atoms with Gasteiger partial charge in [-0.2, -0.15) is 13.2 Å². The lowest BCUT2D eigenvalue weighted by Crippen LogP contribution is -2.50. The standard InChI is InChI=1S/C17H22F3NO2/c1-12(6-9-22)11-21-15(23)16(7-3-8-16)13-4-2-5-14(10-13)17(18,19)20/h2,4-5,10,12,22H,3,6-9,11H2,1H3,(H,21,23). The maximum absolute atomic E-state index is 12.9. The average Bonchev–Trinajstić information content (AvgIpc) is 2.44. The maximum atomic E-state index is 12.9. The highest BCUT2D eigenvalue weighted by molar-refractivity contribution is 5.89. The van der Waals surface area contributed by atoms with Crippen molar-refractivity contribution in [2.75, 3.05) is 13.2 Å². The van der Waals surface area contributed by atoms with Crippen LogP contribution in [0.2, 0.25) is 0 Å². The summed E-state index contributed by atoms with van der Waals surface area (Å²) >= 11 is 0. The Labute approximate surface area is 133 Å². The molecule has 1 atom stereocenters. The molecule has 1 aliphatic carbocycles. The van der Waals surface area contributed by atoms with Gasteiger partial charge in [0, 0.05) is 13.2 Å². The number of aliphatic hydroxyl groups excluding tert-OH is 1. The Hall–Kier alpha value is -1.56. The van der Waals surface area contributed by atoms with Crippen molar-refractivity contribution in [1.82, 2.24) is 5.32 Å². The van der Waals surface area contributed by atoms with Crippen LogP contribution in [0.4, 0.5) is 13.2 Å². The SMILES string of the molecule is CC(CCO)CNC(=O)C1(c2cccc(C(F)(F)F)c2)CCC1. The van der Waals surface area contributed by atoms with Crippen LogP contribution in [0.5, 0.6) is 0 Å². The number of rotatable bonds is 6. The molecule has 1 aromatic carbocycles. The number of amides is 1. The van der Waals surface area contributed by atoms with E-state index in [1.165, 1.54) is 6.07 Å². The van der Waals surface area contributed by atoms with Crippen LogP contribution in [0.15, 0.2) is 24.3 Å². The van der Waals surface area contributed by atoms with E-state index < -0.39 is 17.2 Å². The van der Waals surface area contributed by atoms with Gasteiger partial charge in [0.05, 0.1) is 11.0 Å². The van der Waals surface area contributed by atoms with Crippen molar-refractivity contribution >= 4 is 5.91 Å². The normalized spacial score (nSPS) is 18.1. The molecule has 0 heterocycles. The number of carbonyl (C=O) groups excluding carboxylic acids is 1. The third-order valence-electron chi connectivity index (χ3n) is 4.62. The molecule has 1 unspecified atom stereocenters. The van der Waals surface area contributed by atoms with Gasteiger partial charge in [-0.25, -0.2) is 0 Å². The fourth-order valence-electron chi connectivity index (χ4n) is 2.93. The molecular formula is C17H22F3NO2. The molecule has 1 aliphatic rings. The van der Waals surface area contributed by atoms with Gasteiger partial charge in [-0.3, -0.25) is 4.79 Å². The van der Waals surface area contributed by atoms with Gasteiger partial charge >= 0.3 is 6.18 Å². The van der Waals surface area contributed by atoms with E-state index in [0.717, 1.165) is 18.6 Å². The number of halogens is 3. The summed E-state index contributed by atoms with van der Waals surface area (Å²) in [5.41, 5.74) is -1.13. The Morgan fingerprint density at radius 3 is 2.61 bits per heavy atom. The van der Waals surface area contributed by atoms with E-state index in [-0.39, 0.29) is 18.4 Å². The first-order valence-electron chi connectivity index (χ1n) is 7.86. The average molecular weight is 329 g/mol. The molecular weight excluding hydrogens is 307 g/mol. The third-order valence-corrected chi connectivity index (χ3v) is 4.62. The summed E-state index contributed by atoms with van der Waals surface area (Å²) in [6, 6.07) is 5.08. The second-order valence-corrected chi connectivity index (χ2v) is 6.34. The first-order chi connectivity index (χ1) is 10.8. The summed E-state index contributed by atoms with van der Waals surface area (Å²) in [5, 5.41) is 11.7. The molecule has 2 N–H and O–H groups in total. The molecule has 0 saturated heterocycles. The Morgan fingerprint density at radius 2 is 2.09 bits per heavy atom. The smallest absolute Gasteiger partial charge is 0.396 e. The number of aliphatic hydroxyl groups is 1. The summed E-state index contributed by atoms with van der Waals surface area (Å²) in [6.07, 6.45) is -1.87. The number of alkyl halides is 3. The highest BCUT2D eigenvalue weighted by atomic mass is 19.4. The van der Waals surface area contributed by atoms with Gasteiger partial charge in [0.2, 0.25) is 5.91 Å². The number of nitrogens with one attached hydrogen (secondary N) is 1. The van der Waals surface area contributed by atoms with Crippen LogP contribution < -0.4 is 5.32 Å². The second-order valence-electron chi connectivity index (χ2n) is 6.34. The second kappa shape index (κ2) is 6.91. The first kappa shape index (κ1) is 17.8. The van der Waals surface area contributed by atoms with Crippen LogP contribution in [0, 0.1) is 5.92 Å². The highest BCUT2D eigenvalue weighted by Gasteiger charge is 2.46. The van der Waals surface area contributed by atoms with E-state index in [2.05, 4.69) is 5.32 Å². The van der Waals surface area contributed by atoms with E-state index in [1.807, 2.05) is 6.92 Å². The zero-order chi connectivity index (χ0) is 17.1. The molecule has 0 spiro atoms. The monoisotopic (exact) mass is 329 g/mol. The molecule has 128 valence electrons. The van der Waals surface area contributed by atoms with Crippen molar-refractivity contribution in [2.24, 2.45) is 5.92 Å². The highest BCUT2D eigenvalue weighted by Crippen LogP contribution is 2.45. The molecule has 6 heteroatoms. The quantitative estimate of drug-likeness (QED) is 0.842. The largest absolute Gasteiger partial charge is 0.416 e. The molecule has 0 bridgehead atoms. The molecule has 3 nitrogen and oxygen atoms in total. The number of hydrogen-bond donors (Lipinski definition) is 2. The summed E-state index contributed by atoms with van der Waals surface area (Å²) < 4.78 is 38.7. The maximum Gasteiger partial charge on any atom is 0.416 e. The third kappa shape index (κ3) is 3.86. The van der Waals surface area contributed by atoms with E-state index in [4.69, 9.17) is 5.11 Å². The minimum atomic E-state index is -4.41. The molecule has 23 heavy (non-hydrogen) atoms. The van der Waals surface area contributed by atoms with Crippen molar-refractivity contribution < 1.29 is 23.1 Å². The lowest BCUT2D eigenvalue weighted by atomic mass is 9.63. The number of carbonyl (C=O) groups is 1. The minimum Gasteiger partial charge on any atom is -0.396 e. The minimum absolute atomic E-state index is 0.0514. The molecule has 0 aromatic heterocycles. The Bertz CT molecular complexity index is 553. The van der Waals surface area contributed by atoms with E-state index in [1.54, 1.807) is 6.07 Å². The summed E-state index contributed by atoms with van der Waals surface area (Å²) in [4.78, 5) is 12.6. The Kier molecular flexibility index (Phi) is 5.34. The number of benzene rings is 1. The van der Waals surface area contributed by atoms with Crippen molar-refractivity contribution in [1.29, 1.82) is 0 Å². The van der Waals surface area contributed by atoms with Gasteiger partial charge in [-0.05, 0) is 36.8 Å². The van der Waals surface area contributed by atoms with E-state index in [0.29, 0.717) is 31.4 Å². The number of hydrogen-bond acceptors (Lipinski definition) is 2. The van der Waals surface area contributed by atoms with Crippen molar-refractivity contribution in [2.45, 2.75) is 44.2 Å². The Morgan fingerprint density at radius 1 is 1.39 bits per heavy atom. The lowest BCUT2D eigenvalue weighted by Gasteiger charge is -2.41. The lowest BCUT2D eigenvalue weighted by molar-refractivity contribution is -0.138. The predicted molar refractivity (Wildman–Crippen MR) is 80.8 cm³/mol. The molecule has 1 fully saturated rings. The van der Waals surface area contributed by atoms with E-state index >= 15 is 0 Å². The molecule has 1 aromatic rings. The fraction of sp³-hybridized carbons (Fsp3) is 0.588. The van der Waals surface area contributed by atoms with E-state index in [9.17, 15) is 18.0 Å². The molecule has 0 radical (unpaired) electrons. The van der Waals surface area contributed by atoms with Crippen LogP contribution in [0.3, 0.4) is 0 Å². The van der Waals surface area contributed by atoms with Crippen LogP contribution in [0.25, 0.3) is 0 Å². The van der Waals surface area contributed by atoms with Crippen LogP contribution in [-0.4, -0.2) is 24.2 Å². The topological polar surface area (TPSA) is 49.3 Å². The van der Waals surface area contributed by atoms with Gasteiger partial charge in [0.15, 0.2) is 0 Å². The van der Waals surface area contributed by atoms with Gasteiger partial charge in [0.25, 0.3) is 0 Å². The molecule has 1 amide bonds. The fourth-order valence-corrected chi connectivity index (χ4v) is 2.93. The molecule has 0 aliphatic heterocycles. The summed E-state index contributed by atoms with van der Waals surface area (Å²) in [5.74, 6) is -0.0875. The zero-order valence-electron chi connectivity index (χ0n) is 13.1. The Balaban J connectivity index is 2.16. The van der Waals surface area contributed by atoms with Crippen molar-refractivity contribution in [3.8, 4) is 0 Å². The van der Waals surface area contributed by atoms with Gasteiger partial charge < -0.3 is 10.4 Å². The van der Waals surface area contributed by atoms with Crippen LogP contribution >= 0.6 is 0 Å². The first-order valence-corrected chi connectivity index (χ1v) is 7.86. The zero-order valence-corrected chi connectivity index (χ0v) is 13.1. The molecule has 1 saturated carbocycles. The van der Waals surface area contributed by atoms with Gasteiger partial charge in [-0.15, -0.1) is 0 Å². The van der Waals surface area contributed by atoms with Crippen LogP contribution in [0.1, 0.15) is 43.7 Å². The van der Waals surface area contributed by atoms with Crippen molar-refractivity contribution in [3.63, 3.8) is 0 Å². The van der Waals surface area contributed by atoms with Gasteiger partial charge in [-0.1, -0.05) is 31.5 Å². The summed E-state index contributed by atoms with van der Waals surface area (Å²) in [6.45, 7) is 2.38. The summed E-state index contributed by atoms with van der Waals surface area (Å²) in [7, 11) is 0. The van der Waals surface area contributed by atoms with Gasteiger partial charge in [0.1, 0.15) is 0 Å². The van der Waals surface area contributed by atoms with Crippen molar-refractivity contribution in [3.05, 3.63) is 35.4 Å². The predicted octanol–water partition coefficient (Wildman–Crippen LogP) is 3.26. The van der Waals surface area contributed by atoms with Crippen LogP contribution in [-0.2, 0) is 16.4 Å². The molecule has 2 rings (SSSR count).